The van der Waals surface area contributed by atoms with Gasteiger partial charge in [0.1, 0.15) is 11.5 Å². The summed E-state index contributed by atoms with van der Waals surface area (Å²) in [7, 11) is 0. The van der Waals surface area contributed by atoms with Gasteiger partial charge in [-0.05, 0) is 19.4 Å². The largest absolute Gasteiger partial charge is 0.451 e. The number of aromatic nitrogens is 5. The predicted molar refractivity (Wildman–Crippen MR) is 79.0 cm³/mol. The Labute approximate surface area is 129 Å². The third-order valence-electron chi connectivity index (χ3n) is 3.32. The minimum absolute atomic E-state index is 0.182. The number of aromatic amines is 1. The smallest absolute Gasteiger partial charge is 0.369 e. The highest BCUT2D eigenvalue weighted by atomic mass is 19.4. The molecule has 6 nitrogen and oxygen atoms in total. The normalized spacial score (nSPS) is 12.0. The van der Waals surface area contributed by atoms with E-state index in [-0.39, 0.29) is 11.5 Å². The Morgan fingerprint density at radius 3 is 2.83 bits per heavy atom. The van der Waals surface area contributed by atoms with Gasteiger partial charge in [-0.15, -0.1) is 0 Å². The van der Waals surface area contributed by atoms with Gasteiger partial charge in [-0.25, -0.2) is 15.0 Å². The molecule has 0 amide bonds. The number of alkyl halides is 3. The van der Waals surface area contributed by atoms with Crippen LogP contribution in [0.5, 0.6) is 0 Å². The third kappa shape index (κ3) is 3.43. The molecular weight excluding hydrogens is 309 g/mol. The molecule has 122 valence electrons. The number of fused-ring (bicyclic) bond motifs is 1. The monoisotopic (exact) mass is 324 g/mol. The molecule has 0 bridgehead atoms. The van der Waals surface area contributed by atoms with E-state index in [4.69, 9.17) is 0 Å². The van der Waals surface area contributed by atoms with Crippen molar-refractivity contribution in [2.75, 3.05) is 11.9 Å². The highest BCUT2D eigenvalue weighted by Gasteiger charge is 2.35. The summed E-state index contributed by atoms with van der Waals surface area (Å²) in [4.78, 5) is 13.9. The van der Waals surface area contributed by atoms with Crippen LogP contribution in [0.2, 0.25) is 0 Å². The van der Waals surface area contributed by atoms with Crippen LogP contribution in [0.25, 0.3) is 11.0 Å². The van der Waals surface area contributed by atoms with Crippen LogP contribution in [0.15, 0.2) is 24.8 Å². The molecule has 0 aliphatic heterocycles. The molecule has 0 radical (unpaired) electrons. The van der Waals surface area contributed by atoms with Gasteiger partial charge in [0.25, 0.3) is 0 Å². The molecule has 0 fully saturated rings. The van der Waals surface area contributed by atoms with Crippen molar-refractivity contribution in [2.24, 2.45) is 0 Å². The van der Waals surface area contributed by atoms with Crippen LogP contribution in [0.1, 0.15) is 17.9 Å². The second kappa shape index (κ2) is 5.90. The van der Waals surface area contributed by atoms with Gasteiger partial charge >= 0.3 is 6.18 Å². The first-order valence-corrected chi connectivity index (χ1v) is 7.07. The summed E-state index contributed by atoms with van der Waals surface area (Å²) in [6, 6.07) is 1.73. The minimum Gasteiger partial charge on any atom is -0.369 e. The molecular formula is C14H15F3N6. The van der Waals surface area contributed by atoms with Crippen LogP contribution in [0.4, 0.5) is 19.0 Å². The number of aryl methyl sites for hydroxylation is 2. The SMILES string of the molecule is Cc1cc2c(NCCCn3ccnc3)nc(C(F)(F)F)nc2[nH]1. The van der Waals surface area contributed by atoms with Crippen LogP contribution in [-0.2, 0) is 12.7 Å². The number of halogens is 3. The van der Waals surface area contributed by atoms with Gasteiger partial charge in [-0.1, -0.05) is 0 Å². The molecule has 0 unspecified atom stereocenters. The molecule has 0 saturated heterocycles. The predicted octanol–water partition coefficient (Wildman–Crippen LogP) is 2.98. The zero-order valence-corrected chi connectivity index (χ0v) is 12.4. The van der Waals surface area contributed by atoms with Crippen LogP contribution >= 0.6 is 0 Å². The van der Waals surface area contributed by atoms with E-state index in [9.17, 15) is 13.2 Å². The van der Waals surface area contributed by atoms with Crippen LogP contribution in [-0.4, -0.2) is 31.0 Å². The molecule has 0 spiro atoms. The van der Waals surface area contributed by atoms with Gasteiger partial charge < -0.3 is 14.9 Å². The van der Waals surface area contributed by atoms with Crippen molar-refractivity contribution in [2.45, 2.75) is 26.1 Å². The van der Waals surface area contributed by atoms with Crippen molar-refractivity contribution in [3.8, 4) is 0 Å². The molecule has 3 aromatic heterocycles. The number of H-pyrrole nitrogens is 1. The Bertz CT molecular complexity index is 791. The first-order valence-electron chi connectivity index (χ1n) is 7.07. The molecule has 9 heteroatoms. The zero-order valence-electron chi connectivity index (χ0n) is 12.4. The van der Waals surface area contributed by atoms with Crippen LogP contribution in [0.3, 0.4) is 0 Å². The Kier molecular flexibility index (Phi) is 3.93. The summed E-state index contributed by atoms with van der Waals surface area (Å²) >= 11 is 0. The van der Waals surface area contributed by atoms with Crippen LogP contribution < -0.4 is 5.32 Å². The number of hydrogen-bond donors (Lipinski definition) is 2. The van der Waals surface area contributed by atoms with Gasteiger partial charge in [0.15, 0.2) is 0 Å². The molecule has 0 aliphatic rings. The molecule has 0 saturated carbocycles. The summed E-state index contributed by atoms with van der Waals surface area (Å²) in [5.41, 5.74) is 0.914. The maximum atomic E-state index is 12.9. The lowest BCUT2D eigenvalue weighted by atomic mass is 10.3. The van der Waals surface area contributed by atoms with Gasteiger partial charge in [0, 0.05) is 31.2 Å². The lowest BCUT2D eigenvalue weighted by molar-refractivity contribution is -0.144. The third-order valence-corrected chi connectivity index (χ3v) is 3.32. The van der Waals surface area contributed by atoms with Gasteiger partial charge in [0.2, 0.25) is 5.82 Å². The maximum Gasteiger partial charge on any atom is 0.451 e. The van der Waals surface area contributed by atoms with E-state index in [0.29, 0.717) is 11.9 Å². The van der Waals surface area contributed by atoms with Gasteiger partial charge in [-0.2, -0.15) is 13.2 Å². The summed E-state index contributed by atoms with van der Waals surface area (Å²) in [5.74, 6) is -0.957. The number of hydrogen-bond acceptors (Lipinski definition) is 4. The standard InChI is InChI=1S/C14H15F3N6/c1-9-7-10-11(19-3-2-5-23-6-4-18-8-23)21-13(14(15,16)17)22-12(10)20-9/h4,6-8H,2-3,5H2,1H3,(H2,19,20,21,22). The van der Waals surface area contributed by atoms with E-state index in [1.165, 1.54) is 0 Å². The summed E-state index contributed by atoms with van der Waals surface area (Å²) < 4.78 is 40.6. The van der Waals surface area contributed by atoms with E-state index in [1.54, 1.807) is 25.5 Å². The molecule has 0 atom stereocenters. The summed E-state index contributed by atoms with van der Waals surface area (Å²) in [6.07, 6.45) is 1.35. The van der Waals surface area contributed by atoms with E-state index in [0.717, 1.165) is 18.7 Å². The number of nitrogens with one attached hydrogen (secondary N) is 2. The number of rotatable bonds is 5. The zero-order chi connectivity index (χ0) is 16.4. The molecule has 0 aliphatic carbocycles. The molecule has 2 N–H and O–H groups in total. The van der Waals surface area contributed by atoms with E-state index in [2.05, 4.69) is 25.3 Å². The highest BCUT2D eigenvalue weighted by molar-refractivity contribution is 5.87. The summed E-state index contributed by atoms with van der Waals surface area (Å²) in [5, 5.41) is 3.52. The number of imidazole rings is 1. The van der Waals surface area contributed by atoms with Crippen molar-refractivity contribution < 1.29 is 13.2 Å². The van der Waals surface area contributed by atoms with E-state index in [1.807, 2.05) is 10.8 Å². The molecule has 3 rings (SSSR count). The van der Waals surface area contributed by atoms with Crippen molar-refractivity contribution in [3.05, 3.63) is 36.3 Å². The molecule has 3 aromatic rings. The Balaban J connectivity index is 1.78. The van der Waals surface area contributed by atoms with E-state index < -0.39 is 12.0 Å². The fraction of sp³-hybridized carbons (Fsp3) is 0.357. The fourth-order valence-electron chi connectivity index (χ4n) is 2.29. The first kappa shape index (κ1) is 15.3. The summed E-state index contributed by atoms with van der Waals surface area (Å²) in [6.45, 7) is 2.98. The van der Waals surface area contributed by atoms with E-state index >= 15 is 0 Å². The lowest BCUT2D eigenvalue weighted by Gasteiger charge is -2.10. The molecule has 0 aromatic carbocycles. The van der Waals surface area contributed by atoms with Crippen molar-refractivity contribution in [3.63, 3.8) is 0 Å². The fourth-order valence-corrected chi connectivity index (χ4v) is 2.29. The molecule has 3 heterocycles. The average Bonchev–Trinajstić information content (AvgIpc) is 3.10. The first-order chi connectivity index (χ1) is 10.9. The maximum absolute atomic E-state index is 12.9. The second-order valence-electron chi connectivity index (χ2n) is 5.19. The van der Waals surface area contributed by atoms with Crippen molar-refractivity contribution in [1.82, 2.24) is 24.5 Å². The highest BCUT2D eigenvalue weighted by Crippen LogP contribution is 2.30. The van der Waals surface area contributed by atoms with Crippen molar-refractivity contribution >= 4 is 16.9 Å². The Hall–Kier alpha value is -2.58. The second-order valence-corrected chi connectivity index (χ2v) is 5.19. The Morgan fingerprint density at radius 1 is 1.30 bits per heavy atom. The quantitative estimate of drug-likeness (QED) is 0.708. The van der Waals surface area contributed by atoms with Crippen molar-refractivity contribution in [1.29, 1.82) is 0 Å². The Morgan fingerprint density at radius 2 is 2.13 bits per heavy atom. The minimum atomic E-state index is -4.58. The average molecular weight is 324 g/mol. The number of anilines is 1. The van der Waals surface area contributed by atoms with Gasteiger partial charge in [0.05, 0.1) is 11.7 Å². The molecule has 23 heavy (non-hydrogen) atoms. The topological polar surface area (TPSA) is 71.4 Å². The van der Waals surface area contributed by atoms with Gasteiger partial charge in [-0.3, -0.25) is 0 Å². The van der Waals surface area contributed by atoms with Crippen LogP contribution in [0, 0.1) is 6.92 Å². The number of nitrogens with zero attached hydrogens (tertiary/aromatic N) is 4. The lowest BCUT2D eigenvalue weighted by Crippen LogP contribution is -2.14.